The summed E-state index contributed by atoms with van der Waals surface area (Å²) in [6.07, 6.45) is -7.28. The highest BCUT2D eigenvalue weighted by Crippen LogP contribution is 2.36. The highest BCUT2D eigenvalue weighted by molar-refractivity contribution is 6.31. The fraction of sp³-hybridized carbons (Fsp3) is 0.100. The van der Waals surface area contributed by atoms with E-state index in [1.807, 2.05) is 0 Å². The van der Waals surface area contributed by atoms with Crippen molar-refractivity contribution in [2.45, 2.75) is 12.5 Å². The van der Waals surface area contributed by atoms with E-state index in [4.69, 9.17) is 11.6 Å². The van der Waals surface area contributed by atoms with Gasteiger partial charge in [-0.05, 0) is 24.3 Å². The molecule has 3 rings (SSSR count). The van der Waals surface area contributed by atoms with Gasteiger partial charge < -0.3 is 15.2 Å². The zero-order valence-corrected chi connectivity index (χ0v) is 16.4. The Morgan fingerprint density at radius 3 is 2.41 bits per heavy atom. The van der Waals surface area contributed by atoms with E-state index in [0.717, 1.165) is 36.8 Å². The molecule has 0 saturated carbocycles. The number of aliphatic hydroxyl groups is 1. The van der Waals surface area contributed by atoms with Crippen molar-refractivity contribution in [3.63, 3.8) is 0 Å². The number of rotatable bonds is 5. The second-order valence-electron chi connectivity index (χ2n) is 6.23. The normalized spacial score (nSPS) is 12.5. The number of nitrogens with zero attached hydrogens (tertiary/aromatic N) is 2. The number of nitrogens with one attached hydrogen (secondary N) is 1. The zero-order valence-electron chi connectivity index (χ0n) is 15.7. The third-order valence-electron chi connectivity index (χ3n) is 3.96. The van der Waals surface area contributed by atoms with Crippen LogP contribution < -0.4 is 10.1 Å². The summed E-state index contributed by atoms with van der Waals surface area (Å²) in [5.74, 6) is -0.783. The van der Waals surface area contributed by atoms with Gasteiger partial charge in [-0.2, -0.15) is 13.2 Å². The molecule has 168 valence electrons. The lowest BCUT2D eigenvalue weighted by Crippen LogP contribution is -2.17. The monoisotopic (exact) mass is 475 g/mol. The maximum absolute atomic E-state index is 12.9. The molecule has 2 N–H and O–H groups in total. The maximum atomic E-state index is 12.9. The Labute approximate surface area is 182 Å². The smallest absolute Gasteiger partial charge is 0.506 e. The first-order valence-electron chi connectivity index (χ1n) is 8.63. The van der Waals surface area contributed by atoms with E-state index in [1.165, 1.54) is 24.3 Å². The lowest BCUT2D eigenvalue weighted by Gasteiger charge is -2.11. The summed E-state index contributed by atoms with van der Waals surface area (Å²) in [4.78, 5) is 7.89. The summed E-state index contributed by atoms with van der Waals surface area (Å²) in [7, 11) is 0. The van der Waals surface area contributed by atoms with Crippen LogP contribution in [0.2, 0.25) is 5.02 Å². The predicted molar refractivity (Wildman–Crippen MR) is 105 cm³/mol. The third kappa shape index (κ3) is 6.03. The lowest BCUT2D eigenvalue weighted by molar-refractivity contribution is -0.274. The van der Waals surface area contributed by atoms with Gasteiger partial charge in [-0.1, -0.05) is 29.8 Å². The first kappa shape index (κ1) is 23.2. The number of aromatic nitrogens is 2. The molecule has 5 nitrogen and oxygen atoms in total. The minimum Gasteiger partial charge on any atom is -0.506 e. The van der Waals surface area contributed by atoms with Crippen LogP contribution in [0.4, 0.5) is 32.2 Å². The zero-order chi connectivity index (χ0) is 23.5. The standard InChI is InChI=1S/C20H12ClF6N3O2/c21-15-7-11(4-5-14(15)19(22,23)24)16-8-18(30-10-29-16)28-9-17(31)12-2-1-3-13(6-12)32-20(25,26)27/h1-10,31H,(H,28,29,30). The van der Waals surface area contributed by atoms with Crippen LogP contribution in [0.3, 0.4) is 0 Å². The first-order valence-corrected chi connectivity index (χ1v) is 9.01. The average Bonchev–Trinajstić information content (AvgIpc) is 2.70. The summed E-state index contributed by atoms with van der Waals surface area (Å²) in [6, 6.07) is 9.18. The van der Waals surface area contributed by atoms with Gasteiger partial charge in [-0.25, -0.2) is 9.97 Å². The van der Waals surface area contributed by atoms with Crippen molar-refractivity contribution in [3.8, 4) is 17.0 Å². The van der Waals surface area contributed by atoms with E-state index < -0.39 is 34.6 Å². The van der Waals surface area contributed by atoms with Gasteiger partial charge in [0.05, 0.1) is 16.3 Å². The second kappa shape index (κ2) is 8.95. The van der Waals surface area contributed by atoms with Crippen molar-refractivity contribution in [1.82, 2.24) is 9.97 Å². The van der Waals surface area contributed by atoms with Crippen molar-refractivity contribution in [3.05, 3.63) is 77.2 Å². The number of halogens is 7. The summed E-state index contributed by atoms with van der Waals surface area (Å²) < 4.78 is 79.4. The van der Waals surface area contributed by atoms with Crippen molar-refractivity contribution < 1.29 is 36.2 Å². The molecule has 0 aliphatic carbocycles. The van der Waals surface area contributed by atoms with Crippen molar-refractivity contribution in [2.24, 2.45) is 0 Å². The highest BCUT2D eigenvalue weighted by Gasteiger charge is 2.33. The Morgan fingerprint density at radius 2 is 1.75 bits per heavy atom. The van der Waals surface area contributed by atoms with E-state index >= 15 is 0 Å². The summed E-state index contributed by atoms with van der Waals surface area (Å²) >= 11 is 5.72. The molecule has 1 aromatic heterocycles. The molecule has 2 aromatic carbocycles. The Balaban J connectivity index is 1.79. The molecule has 0 amide bonds. The van der Waals surface area contributed by atoms with Crippen LogP contribution >= 0.6 is 11.6 Å². The van der Waals surface area contributed by atoms with Gasteiger partial charge >= 0.3 is 12.5 Å². The molecule has 0 radical (unpaired) electrons. The maximum Gasteiger partial charge on any atom is 0.573 e. The van der Waals surface area contributed by atoms with Crippen molar-refractivity contribution in [1.29, 1.82) is 0 Å². The van der Waals surface area contributed by atoms with Gasteiger partial charge in [0.1, 0.15) is 23.7 Å². The summed E-state index contributed by atoms with van der Waals surface area (Å²) in [5, 5.41) is 12.3. The molecule has 32 heavy (non-hydrogen) atoms. The van der Waals surface area contributed by atoms with Crippen LogP contribution in [0, 0.1) is 0 Å². The fourth-order valence-electron chi connectivity index (χ4n) is 2.58. The molecular formula is C20H12ClF6N3O2. The number of ether oxygens (including phenoxy) is 1. The SMILES string of the molecule is OC(=CNc1cc(-c2ccc(C(F)(F)F)c(Cl)c2)ncn1)c1cccc(OC(F)(F)F)c1. The quantitative estimate of drug-likeness (QED) is 0.318. The molecule has 0 saturated heterocycles. The molecule has 3 aromatic rings. The van der Waals surface area contributed by atoms with Gasteiger partial charge in [-0.15, -0.1) is 13.2 Å². The molecule has 0 fully saturated rings. The van der Waals surface area contributed by atoms with Crippen LogP contribution in [0.25, 0.3) is 17.0 Å². The van der Waals surface area contributed by atoms with Crippen LogP contribution in [0.5, 0.6) is 5.75 Å². The Kier molecular flexibility index (Phi) is 6.49. The lowest BCUT2D eigenvalue weighted by atomic mass is 10.1. The molecule has 0 unspecified atom stereocenters. The molecule has 0 bridgehead atoms. The van der Waals surface area contributed by atoms with E-state index in [9.17, 15) is 31.4 Å². The number of aliphatic hydroxyl groups excluding tert-OH is 1. The van der Waals surface area contributed by atoms with Crippen LogP contribution in [-0.2, 0) is 6.18 Å². The molecule has 0 atom stereocenters. The molecule has 12 heteroatoms. The number of benzene rings is 2. The number of hydrogen-bond donors (Lipinski definition) is 2. The molecule has 0 aliphatic heterocycles. The van der Waals surface area contributed by atoms with E-state index in [-0.39, 0.29) is 17.1 Å². The third-order valence-corrected chi connectivity index (χ3v) is 4.27. The Morgan fingerprint density at radius 1 is 1.00 bits per heavy atom. The minimum absolute atomic E-state index is 0.0306. The number of anilines is 1. The van der Waals surface area contributed by atoms with Gasteiger partial charge in [0, 0.05) is 23.4 Å². The van der Waals surface area contributed by atoms with Crippen LogP contribution in [0.1, 0.15) is 11.1 Å². The van der Waals surface area contributed by atoms with Gasteiger partial charge in [-0.3, -0.25) is 0 Å². The van der Waals surface area contributed by atoms with Crippen LogP contribution in [0.15, 0.2) is 61.1 Å². The summed E-state index contributed by atoms with van der Waals surface area (Å²) in [6.45, 7) is 0. The Hall–Kier alpha value is -3.47. The van der Waals surface area contributed by atoms with E-state index in [0.29, 0.717) is 5.56 Å². The van der Waals surface area contributed by atoms with Gasteiger partial charge in [0.2, 0.25) is 0 Å². The molecule has 0 aliphatic rings. The molecule has 1 heterocycles. The van der Waals surface area contributed by atoms with E-state index in [2.05, 4.69) is 20.0 Å². The number of hydrogen-bond acceptors (Lipinski definition) is 5. The number of alkyl halides is 6. The van der Waals surface area contributed by atoms with E-state index in [1.54, 1.807) is 0 Å². The molecule has 0 spiro atoms. The largest absolute Gasteiger partial charge is 0.573 e. The van der Waals surface area contributed by atoms with Gasteiger partial charge in [0.25, 0.3) is 0 Å². The van der Waals surface area contributed by atoms with Crippen molar-refractivity contribution in [2.75, 3.05) is 5.32 Å². The summed E-state index contributed by atoms with van der Waals surface area (Å²) in [5.41, 5.74) is -0.423. The molecular weight excluding hydrogens is 464 g/mol. The van der Waals surface area contributed by atoms with Crippen LogP contribution in [-0.4, -0.2) is 21.4 Å². The average molecular weight is 476 g/mol. The first-order chi connectivity index (χ1) is 14.9. The minimum atomic E-state index is -4.88. The Bertz CT molecular complexity index is 1150. The fourth-order valence-corrected chi connectivity index (χ4v) is 2.86. The topological polar surface area (TPSA) is 67.3 Å². The van der Waals surface area contributed by atoms with Crippen molar-refractivity contribution >= 4 is 23.2 Å². The van der Waals surface area contributed by atoms with Gasteiger partial charge in [0.15, 0.2) is 0 Å². The second-order valence-corrected chi connectivity index (χ2v) is 6.64. The predicted octanol–water partition coefficient (Wildman–Crippen LogP) is 6.68. The highest BCUT2D eigenvalue weighted by atomic mass is 35.5.